The number of hydrogen-bond acceptors (Lipinski definition) is 2. The minimum Gasteiger partial charge on any atom is -0.374 e. The van der Waals surface area contributed by atoms with Crippen molar-refractivity contribution in [3.8, 4) is 0 Å². The summed E-state index contributed by atoms with van der Waals surface area (Å²) in [5, 5.41) is 0.165. The molecule has 3 atom stereocenters. The van der Waals surface area contributed by atoms with Crippen molar-refractivity contribution in [1.82, 2.24) is 0 Å². The molecule has 0 N–H and O–H groups in total. The number of ether oxygens (including phenoxy) is 2. The molecule has 0 spiro atoms. The minimum absolute atomic E-state index is 0.138. The van der Waals surface area contributed by atoms with Gasteiger partial charge in [0, 0.05) is 6.61 Å². The van der Waals surface area contributed by atoms with Gasteiger partial charge in [0.25, 0.3) is 0 Å². The van der Waals surface area contributed by atoms with Gasteiger partial charge in [-0.15, -0.1) is 11.6 Å². The highest BCUT2D eigenvalue weighted by Gasteiger charge is 2.42. The summed E-state index contributed by atoms with van der Waals surface area (Å²) in [6, 6.07) is 0. The smallest absolute Gasteiger partial charge is 0.100 e. The molecule has 0 bridgehead atoms. The van der Waals surface area contributed by atoms with Crippen LogP contribution in [-0.4, -0.2) is 30.3 Å². The number of alkyl halides is 1. The molecule has 2 rings (SSSR count). The summed E-state index contributed by atoms with van der Waals surface area (Å²) >= 11 is 6.10. The first kappa shape index (κ1) is 11.7. The van der Waals surface area contributed by atoms with Gasteiger partial charge in [0.15, 0.2) is 0 Å². The SMILES string of the molecule is CCOC1C(Cl)CC1OC1CCCCC1. The van der Waals surface area contributed by atoms with Crippen LogP contribution >= 0.6 is 11.6 Å². The Morgan fingerprint density at radius 3 is 2.53 bits per heavy atom. The predicted octanol–water partition coefficient (Wildman–Crippen LogP) is 3.12. The Morgan fingerprint density at radius 2 is 1.93 bits per heavy atom. The molecule has 0 amide bonds. The first-order valence-electron chi connectivity index (χ1n) is 6.22. The third-order valence-corrected chi connectivity index (χ3v) is 3.89. The standard InChI is InChI=1S/C12H21ClO2/c1-2-14-12-10(13)8-11(12)15-9-6-4-3-5-7-9/h9-12H,2-8H2,1H3. The van der Waals surface area contributed by atoms with E-state index >= 15 is 0 Å². The van der Waals surface area contributed by atoms with Crippen LogP contribution in [0.25, 0.3) is 0 Å². The molecule has 2 aliphatic rings. The monoisotopic (exact) mass is 232 g/mol. The lowest BCUT2D eigenvalue weighted by Gasteiger charge is -2.42. The Morgan fingerprint density at radius 1 is 1.20 bits per heavy atom. The number of halogens is 1. The van der Waals surface area contributed by atoms with Crippen molar-refractivity contribution in [1.29, 1.82) is 0 Å². The second-order valence-electron chi connectivity index (χ2n) is 4.61. The van der Waals surface area contributed by atoms with Crippen LogP contribution in [0.5, 0.6) is 0 Å². The van der Waals surface area contributed by atoms with E-state index in [0.29, 0.717) is 6.10 Å². The zero-order valence-corrected chi connectivity index (χ0v) is 10.2. The summed E-state index contributed by atoms with van der Waals surface area (Å²) in [6.07, 6.45) is 8.29. The molecule has 15 heavy (non-hydrogen) atoms. The van der Waals surface area contributed by atoms with E-state index in [-0.39, 0.29) is 17.6 Å². The normalized spacial score (nSPS) is 37.6. The summed E-state index contributed by atoms with van der Waals surface area (Å²) in [5.41, 5.74) is 0. The van der Waals surface area contributed by atoms with Crippen molar-refractivity contribution in [3.05, 3.63) is 0 Å². The number of hydrogen-bond donors (Lipinski definition) is 0. The van der Waals surface area contributed by atoms with Crippen molar-refractivity contribution in [2.24, 2.45) is 0 Å². The Labute approximate surface area is 97.3 Å². The van der Waals surface area contributed by atoms with Crippen molar-refractivity contribution in [2.75, 3.05) is 6.61 Å². The highest BCUT2D eigenvalue weighted by Crippen LogP contribution is 2.34. The molecule has 0 aromatic rings. The minimum atomic E-state index is 0.138. The van der Waals surface area contributed by atoms with E-state index in [0.717, 1.165) is 13.0 Å². The van der Waals surface area contributed by atoms with Crippen LogP contribution in [0.1, 0.15) is 45.4 Å². The lowest BCUT2D eigenvalue weighted by atomic mass is 9.89. The summed E-state index contributed by atoms with van der Waals surface area (Å²) < 4.78 is 11.6. The molecule has 2 aliphatic carbocycles. The molecule has 0 radical (unpaired) electrons. The average molecular weight is 233 g/mol. The van der Waals surface area contributed by atoms with Crippen molar-refractivity contribution in [2.45, 2.75) is 69.1 Å². The van der Waals surface area contributed by atoms with Gasteiger partial charge >= 0.3 is 0 Å². The molecule has 0 aliphatic heterocycles. The molecule has 88 valence electrons. The summed E-state index contributed by atoms with van der Waals surface area (Å²) in [7, 11) is 0. The molecule has 2 saturated carbocycles. The Hall–Kier alpha value is 0.210. The van der Waals surface area contributed by atoms with Gasteiger partial charge in [-0.3, -0.25) is 0 Å². The largest absolute Gasteiger partial charge is 0.374 e. The zero-order chi connectivity index (χ0) is 10.7. The van der Waals surface area contributed by atoms with Crippen LogP contribution in [0.3, 0.4) is 0 Å². The van der Waals surface area contributed by atoms with Crippen LogP contribution < -0.4 is 0 Å². The quantitative estimate of drug-likeness (QED) is 0.694. The van der Waals surface area contributed by atoms with Crippen molar-refractivity contribution < 1.29 is 9.47 Å². The molecule has 3 unspecified atom stereocenters. The van der Waals surface area contributed by atoms with E-state index in [2.05, 4.69) is 0 Å². The molecule has 0 aromatic heterocycles. The van der Waals surface area contributed by atoms with E-state index in [9.17, 15) is 0 Å². The third-order valence-electron chi connectivity index (χ3n) is 3.46. The molecular weight excluding hydrogens is 212 g/mol. The fourth-order valence-electron chi connectivity index (χ4n) is 2.51. The summed E-state index contributed by atoms with van der Waals surface area (Å²) in [6.45, 7) is 2.75. The predicted molar refractivity (Wildman–Crippen MR) is 61.4 cm³/mol. The maximum atomic E-state index is 6.10. The lowest BCUT2D eigenvalue weighted by molar-refractivity contribution is -0.151. The van der Waals surface area contributed by atoms with E-state index in [1.54, 1.807) is 0 Å². The molecule has 2 nitrogen and oxygen atoms in total. The van der Waals surface area contributed by atoms with Crippen LogP contribution in [0.4, 0.5) is 0 Å². The highest BCUT2D eigenvalue weighted by atomic mass is 35.5. The number of rotatable bonds is 4. The van der Waals surface area contributed by atoms with Gasteiger partial charge in [-0.05, 0) is 26.2 Å². The van der Waals surface area contributed by atoms with E-state index in [1.807, 2.05) is 6.92 Å². The van der Waals surface area contributed by atoms with Crippen LogP contribution in [-0.2, 0) is 9.47 Å². The van der Waals surface area contributed by atoms with Gasteiger partial charge in [0.1, 0.15) is 6.10 Å². The van der Waals surface area contributed by atoms with E-state index in [4.69, 9.17) is 21.1 Å². The van der Waals surface area contributed by atoms with E-state index in [1.165, 1.54) is 32.1 Å². The van der Waals surface area contributed by atoms with Crippen LogP contribution in [0.15, 0.2) is 0 Å². The Balaban J connectivity index is 1.74. The summed E-state index contributed by atoms with van der Waals surface area (Å²) in [5.74, 6) is 0. The fourth-order valence-corrected chi connectivity index (χ4v) is 2.92. The third kappa shape index (κ3) is 2.86. The lowest BCUT2D eigenvalue weighted by Crippen LogP contribution is -2.52. The van der Waals surface area contributed by atoms with Gasteiger partial charge in [-0.25, -0.2) is 0 Å². The maximum absolute atomic E-state index is 6.10. The zero-order valence-electron chi connectivity index (χ0n) is 9.45. The fraction of sp³-hybridized carbons (Fsp3) is 1.00. The van der Waals surface area contributed by atoms with Gasteiger partial charge < -0.3 is 9.47 Å². The maximum Gasteiger partial charge on any atom is 0.100 e. The van der Waals surface area contributed by atoms with Gasteiger partial charge in [-0.2, -0.15) is 0 Å². The summed E-state index contributed by atoms with van der Waals surface area (Å²) in [4.78, 5) is 0. The molecule has 3 heteroatoms. The molecular formula is C12H21ClO2. The Kier molecular flexibility index (Phi) is 4.30. The molecule has 2 fully saturated rings. The molecule has 0 saturated heterocycles. The van der Waals surface area contributed by atoms with Crippen molar-refractivity contribution in [3.63, 3.8) is 0 Å². The topological polar surface area (TPSA) is 18.5 Å². The molecule has 0 aromatic carbocycles. The second-order valence-corrected chi connectivity index (χ2v) is 5.17. The van der Waals surface area contributed by atoms with Gasteiger partial charge in [0.2, 0.25) is 0 Å². The van der Waals surface area contributed by atoms with Crippen LogP contribution in [0, 0.1) is 0 Å². The van der Waals surface area contributed by atoms with Gasteiger partial charge in [-0.1, -0.05) is 19.3 Å². The van der Waals surface area contributed by atoms with Gasteiger partial charge in [0.05, 0.1) is 17.6 Å². The Bertz CT molecular complexity index is 192. The van der Waals surface area contributed by atoms with E-state index < -0.39 is 0 Å². The first-order chi connectivity index (χ1) is 7.31. The first-order valence-corrected chi connectivity index (χ1v) is 6.66. The van der Waals surface area contributed by atoms with Crippen molar-refractivity contribution >= 4 is 11.6 Å². The average Bonchev–Trinajstić information content (AvgIpc) is 2.27. The second kappa shape index (κ2) is 5.51. The highest BCUT2D eigenvalue weighted by molar-refractivity contribution is 6.21. The molecule has 0 heterocycles. The van der Waals surface area contributed by atoms with Crippen LogP contribution in [0.2, 0.25) is 0 Å².